The fourth-order valence-corrected chi connectivity index (χ4v) is 4.02. The molecule has 4 N–H and O–H groups in total. The molecule has 0 radical (unpaired) electrons. The van der Waals surface area contributed by atoms with Gasteiger partial charge in [0.05, 0.1) is 30.9 Å². The molecule has 2 aromatic carbocycles. The summed E-state index contributed by atoms with van der Waals surface area (Å²) in [4.78, 5) is 6.70. The number of rotatable bonds is 10. The Morgan fingerprint density at radius 3 is 2.39 bits per heavy atom. The van der Waals surface area contributed by atoms with Gasteiger partial charge in [0.15, 0.2) is 6.29 Å². The van der Waals surface area contributed by atoms with E-state index in [1.807, 2.05) is 41.4 Å². The second-order valence-electron chi connectivity index (χ2n) is 6.68. The molecule has 3 rings (SSSR count). The van der Waals surface area contributed by atoms with E-state index in [1.165, 1.54) is 12.1 Å². The fraction of sp³-hybridized carbons (Fsp3) is 0.286. The number of anilines is 1. The number of benzene rings is 2. The Balaban J connectivity index is 1.79. The lowest BCUT2D eigenvalue weighted by atomic mass is 10.1. The maximum absolute atomic E-state index is 12.2. The van der Waals surface area contributed by atoms with E-state index in [2.05, 4.69) is 10.0 Å². The highest BCUT2D eigenvalue weighted by Crippen LogP contribution is 2.20. The van der Waals surface area contributed by atoms with E-state index >= 15 is 0 Å². The summed E-state index contributed by atoms with van der Waals surface area (Å²) in [6.45, 7) is 0.0216. The van der Waals surface area contributed by atoms with Crippen LogP contribution in [0.4, 0.5) is 5.69 Å². The molecule has 31 heavy (non-hydrogen) atoms. The summed E-state index contributed by atoms with van der Waals surface area (Å²) in [5.74, 6) is 0.754. The van der Waals surface area contributed by atoms with E-state index in [-0.39, 0.29) is 24.7 Å². The predicted molar refractivity (Wildman–Crippen MR) is 119 cm³/mol. The van der Waals surface area contributed by atoms with Crippen molar-refractivity contribution in [2.75, 3.05) is 38.7 Å². The number of allylic oxidation sites excluding steroid dienone is 1. The first-order valence-corrected chi connectivity index (χ1v) is 11.2. The van der Waals surface area contributed by atoms with E-state index in [1.54, 1.807) is 19.2 Å². The lowest BCUT2D eigenvalue weighted by Crippen LogP contribution is -2.40. The van der Waals surface area contributed by atoms with Gasteiger partial charge in [-0.15, -0.1) is 0 Å². The van der Waals surface area contributed by atoms with Crippen LogP contribution in [0.5, 0.6) is 5.75 Å². The van der Waals surface area contributed by atoms with Gasteiger partial charge in [0.1, 0.15) is 5.75 Å². The van der Waals surface area contributed by atoms with Crippen LogP contribution in [0, 0.1) is 0 Å². The zero-order chi connectivity index (χ0) is 22.3. The third-order valence-corrected chi connectivity index (χ3v) is 6.08. The molecular weight excluding hydrogens is 420 g/mol. The average Bonchev–Trinajstić information content (AvgIpc) is 2.79. The molecule has 0 aromatic heterocycles. The molecule has 0 saturated carbocycles. The predicted octanol–water partition coefficient (Wildman–Crippen LogP) is 0.972. The van der Waals surface area contributed by atoms with E-state index in [4.69, 9.17) is 14.8 Å². The zero-order valence-corrected chi connectivity index (χ0v) is 17.9. The van der Waals surface area contributed by atoms with Crippen LogP contribution in [0.3, 0.4) is 0 Å². The van der Waals surface area contributed by atoms with Crippen molar-refractivity contribution >= 4 is 21.4 Å². The topological polar surface area (TPSA) is 123 Å². The number of nitrogens with one attached hydrogen (secondary N) is 2. The standard InChI is InChI=1S/C21H26N4O5S/c1-30-18-6-2-16(3-7-18)20-10-12-25(13-15-27)21(24-20)23-17-4-8-19(9-5-17)31(28,29)22-11-14-26/h2-10,12,21-23,26-27H,11,13-15H2,1H3. The van der Waals surface area contributed by atoms with Crippen LogP contribution < -0.4 is 14.8 Å². The monoisotopic (exact) mass is 446 g/mol. The first-order valence-electron chi connectivity index (χ1n) is 9.71. The van der Waals surface area contributed by atoms with Gasteiger partial charge in [-0.1, -0.05) is 0 Å². The highest BCUT2D eigenvalue weighted by molar-refractivity contribution is 7.89. The number of hydrogen-bond acceptors (Lipinski definition) is 8. The summed E-state index contributed by atoms with van der Waals surface area (Å²) in [7, 11) is -2.06. The van der Waals surface area contributed by atoms with E-state index < -0.39 is 16.3 Å². The Hall–Kier alpha value is -2.92. The Morgan fingerprint density at radius 1 is 1.06 bits per heavy atom. The van der Waals surface area contributed by atoms with Crippen LogP contribution in [0.1, 0.15) is 5.56 Å². The molecule has 166 valence electrons. The molecule has 9 nitrogen and oxygen atoms in total. The van der Waals surface area contributed by atoms with E-state index in [9.17, 15) is 13.5 Å². The van der Waals surface area contributed by atoms with Crippen molar-refractivity contribution in [3.8, 4) is 5.75 Å². The number of sulfonamides is 1. The molecule has 1 atom stereocenters. The number of ether oxygens (including phenoxy) is 1. The van der Waals surface area contributed by atoms with Crippen molar-refractivity contribution in [1.82, 2.24) is 9.62 Å². The van der Waals surface area contributed by atoms with E-state index in [0.29, 0.717) is 12.2 Å². The Bertz CT molecular complexity index is 1020. The lowest BCUT2D eigenvalue weighted by molar-refractivity contribution is 0.212. The van der Waals surface area contributed by atoms with Crippen LogP contribution in [0.2, 0.25) is 0 Å². The second-order valence-corrected chi connectivity index (χ2v) is 8.45. The van der Waals surface area contributed by atoms with Gasteiger partial charge in [-0.05, 0) is 54.6 Å². The Kier molecular flexibility index (Phi) is 7.64. The van der Waals surface area contributed by atoms with Crippen molar-refractivity contribution in [3.05, 3.63) is 66.4 Å². The SMILES string of the molecule is COc1ccc(C2=NC(Nc3ccc(S(=O)(=O)NCCO)cc3)N(CCO)C=C2)cc1. The van der Waals surface area contributed by atoms with Crippen molar-refractivity contribution in [1.29, 1.82) is 0 Å². The Labute approximate surface area is 181 Å². The van der Waals surface area contributed by atoms with Crippen LogP contribution in [0.15, 0.2) is 70.7 Å². The van der Waals surface area contributed by atoms with Crippen LogP contribution in [0.25, 0.3) is 0 Å². The quantitative estimate of drug-likeness (QED) is 0.429. The summed E-state index contributed by atoms with van der Waals surface area (Å²) >= 11 is 0. The molecule has 0 saturated heterocycles. The number of methoxy groups -OCH3 is 1. The molecule has 10 heteroatoms. The molecule has 1 unspecified atom stereocenters. The van der Waals surface area contributed by atoms with Crippen molar-refractivity contribution in [2.45, 2.75) is 11.2 Å². The number of aliphatic hydroxyl groups excluding tert-OH is 2. The Morgan fingerprint density at radius 2 is 1.77 bits per heavy atom. The summed E-state index contributed by atoms with van der Waals surface area (Å²) in [5, 5.41) is 21.5. The van der Waals surface area contributed by atoms with Gasteiger partial charge < -0.3 is 25.2 Å². The highest BCUT2D eigenvalue weighted by Gasteiger charge is 2.20. The van der Waals surface area contributed by atoms with Gasteiger partial charge >= 0.3 is 0 Å². The summed E-state index contributed by atoms with van der Waals surface area (Å²) in [6, 6.07) is 13.8. The molecule has 0 aliphatic carbocycles. The maximum Gasteiger partial charge on any atom is 0.240 e. The summed E-state index contributed by atoms with van der Waals surface area (Å²) in [5.41, 5.74) is 2.35. The molecule has 0 spiro atoms. The number of aliphatic imine (C=N–C) groups is 1. The largest absolute Gasteiger partial charge is 0.497 e. The first kappa shape index (κ1) is 22.8. The van der Waals surface area contributed by atoms with Gasteiger partial charge in [0, 0.05) is 30.5 Å². The summed E-state index contributed by atoms with van der Waals surface area (Å²) < 4.78 is 31.8. The smallest absolute Gasteiger partial charge is 0.240 e. The molecule has 0 amide bonds. The average molecular weight is 447 g/mol. The van der Waals surface area contributed by atoms with Crippen molar-refractivity contribution < 1.29 is 23.4 Å². The second kappa shape index (κ2) is 10.4. The van der Waals surface area contributed by atoms with Crippen LogP contribution >= 0.6 is 0 Å². The van der Waals surface area contributed by atoms with Crippen molar-refractivity contribution in [3.63, 3.8) is 0 Å². The molecule has 2 aromatic rings. The molecular formula is C21H26N4O5S. The minimum absolute atomic E-state index is 0.0381. The van der Waals surface area contributed by atoms with Crippen LogP contribution in [-0.2, 0) is 10.0 Å². The minimum atomic E-state index is -3.67. The van der Waals surface area contributed by atoms with Crippen LogP contribution in [-0.4, -0.2) is 68.9 Å². The normalized spacial score (nSPS) is 16.2. The maximum atomic E-state index is 12.2. The zero-order valence-electron chi connectivity index (χ0n) is 17.1. The number of β-amino-alcohol motifs (C(OH)–C–C–N with tert-alkyl or cyclic N) is 1. The van der Waals surface area contributed by atoms with Gasteiger partial charge in [0.25, 0.3) is 0 Å². The van der Waals surface area contributed by atoms with Gasteiger partial charge in [-0.2, -0.15) is 0 Å². The number of nitrogens with zero attached hydrogens (tertiary/aromatic N) is 2. The molecule has 1 heterocycles. The third-order valence-electron chi connectivity index (χ3n) is 4.61. The molecule has 1 aliphatic heterocycles. The first-order chi connectivity index (χ1) is 15.0. The third kappa shape index (κ3) is 5.82. The highest BCUT2D eigenvalue weighted by atomic mass is 32.2. The lowest BCUT2D eigenvalue weighted by Gasteiger charge is -2.31. The van der Waals surface area contributed by atoms with Crippen molar-refractivity contribution in [2.24, 2.45) is 4.99 Å². The fourth-order valence-electron chi connectivity index (χ4n) is 3.00. The summed E-state index contributed by atoms with van der Waals surface area (Å²) in [6.07, 6.45) is 3.25. The van der Waals surface area contributed by atoms with Gasteiger partial charge in [-0.3, -0.25) is 0 Å². The minimum Gasteiger partial charge on any atom is -0.497 e. The molecule has 0 bridgehead atoms. The number of hydrogen-bond donors (Lipinski definition) is 4. The molecule has 1 aliphatic rings. The van der Waals surface area contributed by atoms with Gasteiger partial charge in [0.2, 0.25) is 10.0 Å². The molecule has 0 fully saturated rings. The number of aliphatic hydroxyl groups is 2. The van der Waals surface area contributed by atoms with Gasteiger partial charge in [-0.25, -0.2) is 18.1 Å². The van der Waals surface area contributed by atoms with E-state index in [0.717, 1.165) is 17.0 Å².